The Morgan fingerprint density at radius 1 is 1.21 bits per heavy atom. The molecule has 2 aliphatic rings. The van der Waals surface area contributed by atoms with E-state index in [9.17, 15) is 26.8 Å². The van der Waals surface area contributed by atoms with Gasteiger partial charge in [0, 0.05) is 30.7 Å². The number of anilines is 1. The summed E-state index contributed by atoms with van der Waals surface area (Å²) in [5.74, 6) is -2.70. The monoisotopic (exact) mass is 512 g/mol. The Kier molecular flexibility index (Phi) is 7.58. The smallest absolute Gasteiger partial charge is 0.248 e. The van der Waals surface area contributed by atoms with E-state index in [0.717, 1.165) is 48.5 Å². The van der Waals surface area contributed by atoms with Gasteiger partial charge in [0.15, 0.2) is 5.13 Å². The third-order valence-corrected chi connectivity index (χ3v) is 8.92. The molecule has 0 spiro atoms. The second-order valence-electron chi connectivity index (χ2n) is 8.58. The van der Waals surface area contributed by atoms with Crippen molar-refractivity contribution in [1.82, 2.24) is 14.2 Å². The van der Waals surface area contributed by atoms with E-state index >= 15 is 0 Å². The molecule has 2 aromatic rings. The Morgan fingerprint density at radius 2 is 1.97 bits per heavy atom. The van der Waals surface area contributed by atoms with Gasteiger partial charge in [-0.1, -0.05) is 32.1 Å². The zero-order valence-electron chi connectivity index (χ0n) is 18.5. The summed E-state index contributed by atoms with van der Waals surface area (Å²) in [5.41, 5.74) is 0. The first-order chi connectivity index (χ1) is 16.3. The lowest BCUT2D eigenvalue weighted by Gasteiger charge is -2.39. The fraction of sp³-hybridized carbons (Fsp3) is 0.500. The third kappa shape index (κ3) is 5.44. The number of halogens is 2. The second-order valence-corrected chi connectivity index (χ2v) is 11.4. The Balaban J connectivity index is 1.51. The highest BCUT2D eigenvalue weighted by molar-refractivity contribution is 7.89. The fourth-order valence-corrected chi connectivity index (χ4v) is 6.57. The summed E-state index contributed by atoms with van der Waals surface area (Å²) < 4.78 is 54.1. The largest absolute Gasteiger partial charge is 0.328 e. The fourth-order valence-electron chi connectivity index (χ4n) is 4.61. The lowest BCUT2D eigenvalue weighted by atomic mass is 9.84. The molecule has 1 aliphatic heterocycles. The van der Waals surface area contributed by atoms with Crippen molar-refractivity contribution in [1.29, 1.82) is 0 Å². The van der Waals surface area contributed by atoms with E-state index in [4.69, 9.17) is 0 Å². The predicted octanol–water partition coefficient (Wildman–Crippen LogP) is 3.23. The number of aromatic nitrogens is 1. The van der Waals surface area contributed by atoms with Crippen molar-refractivity contribution in [2.24, 2.45) is 5.92 Å². The van der Waals surface area contributed by atoms with Crippen molar-refractivity contribution in [2.75, 3.05) is 25.0 Å². The molecule has 1 atom stereocenters. The van der Waals surface area contributed by atoms with Crippen LogP contribution in [0.2, 0.25) is 0 Å². The summed E-state index contributed by atoms with van der Waals surface area (Å²) >= 11 is 1.27. The van der Waals surface area contributed by atoms with E-state index in [1.54, 1.807) is 11.6 Å². The van der Waals surface area contributed by atoms with Gasteiger partial charge in [0.2, 0.25) is 21.8 Å². The zero-order chi connectivity index (χ0) is 24.3. The first-order valence-corrected chi connectivity index (χ1v) is 13.5. The summed E-state index contributed by atoms with van der Waals surface area (Å²) in [4.78, 5) is 31.0. The van der Waals surface area contributed by atoms with Gasteiger partial charge in [0.05, 0.1) is 6.54 Å². The Bertz CT molecular complexity index is 1140. The van der Waals surface area contributed by atoms with E-state index in [0.29, 0.717) is 23.5 Å². The number of carbonyl (C=O) groups is 2. The minimum atomic E-state index is -4.34. The molecule has 1 unspecified atom stereocenters. The summed E-state index contributed by atoms with van der Waals surface area (Å²) in [6.07, 6.45) is 7.33. The van der Waals surface area contributed by atoms with E-state index in [1.165, 1.54) is 16.2 Å². The number of hydrogen-bond donors (Lipinski definition) is 1. The van der Waals surface area contributed by atoms with Gasteiger partial charge < -0.3 is 10.2 Å². The number of nitrogens with zero attached hydrogens (tertiary/aromatic N) is 3. The van der Waals surface area contributed by atoms with Gasteiger partial charge in [0.25, 0.3) is 0 Å². The molecule has 1 saturated heterocycles. The van der Waals surface area contributed by atoms with Crippen LogP contribution in [0.15, 0.2) is 34.7 Å². The molecule has 0 bridgehead atoms. The van der Waals surface area contributed by atoms with Crippen LogP contribution in [0.25, 0.3) is 0 Å². The van der Waals surface area contributed by atoms with Crippen LogP contribution in [0.5, 0.6) is 0 Å². The highest BCUT2D eigenvalue weighted by Gasteiger charge is 2.40. The van der Waals surface area contributed by atoms with Crippen molar-refractivity contribution >= 4 is 38.3 Å². The molecule has 2 amide bonds. The summed E-state index contributed by atoms with van der Waals surface area (Å²) in [6.45, 7) is -0.634. The number of amides is 2. The molecule has 4 rings (SSSR count). The van der Waals surface area contributed by atoms with Crippen molar-refractivity contribution in [3.63, 3.8) is 0 Å². The Labute approximate surface area is 201 Å². The number of piperazine rings is 1. The Hall–Kier alpha value is -2.44. The maximum Gasteiger partial charge on any atom is 0.248 e. The molecule has 2 heterocycles. The standard InChI is InChI=1S/C22H26F2N4O4S2/c23-16-6-7-19(17(24)13-16)34(31,32)27-9-10-28(20(29)14-27)18(12-15-4-2-1-3-5-15)21(30)26-22-25-8-11-33-22/h6-8,11,13,15,18H,1-5,9-10,12,14H2,(H,25,26,30). The lowest BCUT2D eigenvalue weighted by molar-refractivity contribution is -0.142. The average molecular weight is 513 g/mol. The van der Waals surface area contributed by atoms with E-state index in [-0.39, 0.29) is 19.0 Å². The maximum absolute atomic E-state index is 14.2. The zero-order valence-corrected chi connectivity index (χ0v) is 20.1. The summed E-state index contributed by atoms with van der Waals surface area (Å²) in [5, 5.41) is 4.93. The molecule has 1 aromatic carbocycles. The number of carbonyl (C=O) groups excluding carboxylic acids is 2. The van der Waals surface area contributed by atoms with Crippen LogP contribution in [0.4, 0.5) is 13.9 Å². The average Bonchev–Trinajstić information content (AvgIpc) is 3.31. The molecular formula is C22H26F2N4O4S2. The van der Waals surface area contributed by atoms with Gasteiger partial charge in [-0.25, -0.2) is 22.2 Å². The molecule has 12 heteroatoms. The number of rotatable bonds is 7. The molecule has 0 radical (unpaired) electrons. The van der Waals surface area contributed by atoms with Crippen LogP contribution in [0, 0.1) is 17.6 Å². The molecule has 2 fully saturated rings. The van der Waals surface area contributed by atoms with Crippen LogP contribution in [-0.4, -0.2) is 60.1 Å². The quantitative estimate of drug-likeness (QED) is 0.614. The van der Waals surface area contributed by atoms with Crippen LogP contribution >= 0.6 is 11.3 Å². The van der Waals surface area contributed by atoms with Gasteiger partial charge >= 0.3 is 0 Å². The minimum absolute atomic E-state index is 0.0104. The topological polar surface area (TPSA) is 99.7 Å². The molecule has 34 heavy (non-hydrogen) atoms. The Morgan fingerprint density at radius 3 is 2.62 bits per heavy atom. The molecule has 8 nitrogen and oxygen atoms in total. The molecular weight excluding hydrogens is 486 g/mol. The van der Waals surface area contributed by atoms with Crippen LogP contribution in [0.3, 0.4) is 0 Å². The van der Waals surface area contributed by atoms with Crippen LogP contribution in [0.1, 0.15) is 38.5 Å². The number of sulfonamides is 1. The van der Waals surface area contributed by atoms with E-state index < -0.39 is 45.0 Å². The lowest BCUT2D eigenvalue weighted by Crippen LogP contribution is -2.58. The van der Waals surface area contributed by atoms with Gasteiger partial charge in [-0.3, -0.25) is 9.59 Å². The highest BCUT2D eigenvalue weighted by atomic mass is 32.2. The number of benzene rings is 1. The molecule has 1 N–H and O–H groups in total. The number of hydrogen-bond acceptors (Lipinski definition) is 6. The summed E-state index contributed by atoms with van der Waals surface area (Å²) in [6, 6.07) is 1.45. The maximum atomic E-state index is 14.2. The SMILES string of the molecule is O=C(Nc1nccs1)C(CC1CCCCC1)N1CCN(S(=O)(=O)c2ccc(F)cc2F)CC1=O. The van der Waals surface area contributed by atoms with E-state index in [1.807, 2.05) is 0 Å². The van der Waals surface area contributed by atoms with Crippen LogP contribution in [-0.2, 0) is 19.6 Å². The minimum Gasteiger partial charge on any atom is -0.328 e. The molecule has 1 aromatic heterocycles. The number of nitrogens with one attached hydrogen (secondary N) is 1. The predicted molar refractivity (Wildman–Crippen MR) is 123 cm³/mol. The molecule has 1 aliphatic carbocycles. The van der Waals surface area contributed by atoms with Crippen molar-refractivity contribution in [3.8, 4) is 0 Å². The third-order valence-electron chi connectivity index (χ3n) is 6.36. The van der Waals surface area contributed by atoms with Crippen molar-refractivity contribution < 1.29 is 26.8 Å². The normalized spacial score (nSPS) is 19.2. The van der Waals surface area contributed by atoms with Crippen molar-refractivity contribution in [3.05, 3.63) is 41.4 Å². The molecule has 1 saturated carbocycles. The molecule has 184 valence electrons. The number of thiazole rings is 1. The van der Waals surface area contributed by atoms with Gasteiger partial charge in [0.1, 0.15) is 22.6 Å². The first kappa shape index (κ1) is 24.7. The second kappa shape index (κ2) is 10.4. The van der Waals surface area contributed by atoms with Gasteiger partial charge in [-0.15, -0.1) is 11.3 Å². The van der Waals surface area contributed by atoms with E-state index in [2.05, 4.69) is 10.3 Å². The highest BCUT2D eigenvalue weighted by Crippen LogP contribution is 2.30. The van der Waals surface area contributed by atoms with Gasteiger partial charge in [-0.2, -0.15) is 4.31 Å². The van der Waals surface area contributed by atoms with Gasteiger partial charge in [-0.05, 0) is 24.5 Å². The van der Waals surface area contributed by atoms with Crippen LogP contribution < -0.4 is 5.32 Å². The summed E-state index contributed by atoms with van der Waals surface area (Å²) in [7, 11) is -4.34. The van der Waals surface area contributed by atoms with Crippen molar-refractivity contribution in [2.45, 2.75) is 49.5 Å². The first-order valence-electron chi connectivity index (χ1n) is 11.2.